The van der Waals surface area contributed by atoms with Crippen LogP contribution in [0.1, 0.15) is 68.8 Å². The molecule has 0 aliphatic carbocycles. The molecule has 10 heteroatoms. The first kappa shape index (κ1) is 28.1. The molecular weight excluding hydrogens is 505 g/mol. The molecule has 0 bridgehead atoms. The molecule has 2 aromatic rings. The second kappa shape index (κ2) is 12.2. The van der Waals surface area contributed by atoms with Crippen molar-refractivity contribution in [3.05, 3.63) is 58.4 Å². The van der Waals surface area contributed by atoms with Crippen molar-refractivity contribution in [1.29, 1.82) is 0 Å². The second-order valence-electron chi connectivity index (χ2n) is 9.36. The Labute approximate surface area is 217 Å². The first-order valence-electron chi connectivity index (χ1n) is 12.2. The Balaban J connectivity index is 1.97. The van der Waals surface area contributed by atoms with E-state index in [2.05, 4.69) is 18.7 Å². The minimum atomic E-state index is -4.27. The lowest BCUT2D eigenvalue weighted by atomic mass is 10.0. The zero-order valence-corrected chi connectivity index (χ0v) is 22.5. The molecule has 0 spiro atoms. The maximum Gasteiger partial charge on any atom is 0.265 e. The van der Waals surface area contributed by atoms with Gasteiger partial charge in [0.15, 0.2) is 0 Å². The Bertz CT molecular complexity index is 1220. The van der Waals surface area contributed by atoms with Gasteiger partial charge in [0.25, 0.3) is 15.9 Å². The Morgan fingerprint density at radius 1 is 1.00 bits per heavy atom. The summed E-state index contributed by atoms with van der Waals surface area (Å²) < 4.78 is 41.0. The van der Waals surface area contributed by atoms with Crippen LogP contribution in [0.15, 0.2) is 41.3 Å². The number of fused-ring (bicyclic) bond motifs is 1. The maximum atomic E-state index is 13.5. The quantitative estimate of drug-likeness (QED) is 0.584. The topological polar surface area (TPSA) is 86.8 Å². The number of carbonyl (C=O) groups is 2. The van der Waals surface area contributed by atoms with Crippen LogP contribution in [0.2, 0.25) is 5.02 Å². The van der Waals surface area contributed by atoms with Crippen LogP contribution in [-0.4, -0.2) is 44.3 Å². The number of nitrogens with one attached hydrogen (secondary N) is 1. The molecule has 0 aromatic heterocycles. The van der Waals surface area contributed by atoms with E-state index in [1.807, 2.05) is 4.72 Å². The molecule has 3 rings (SSSR count). The highest BCUT2D eigenvalue weighted by molar-refractivity contribution is 7.90. The van der Waals surface area contributed by atoms with E-state index in [1.54, 1.807) is 17.0 Å². The fraction of sp³-hybridized carbons (Fsp3) is 0.462. The number of rotatable bonds is 4. The van der Waals surface area contributed by atoms with E-state index in [0.717, 1.165) is 68.1 Å². The van der Waals surface area contributed by atoms with Gasteiger partial charge in [0.05, 0.1) is 9.92 Å². The molecule has 0 unspecified atom stereocenters. The van der Waals surface area contributed by atoms with Crippen LogP contribution < -0.4 is 9.62 Å². The Hall–Kier alpha value is -2.49. The summed E-state index contributed by atoms with van der Waals surface area (Å²) in [5, 5.41) is -0.358. The van der Waals surface area contributed by atoms with Gasteiger partial charge in [0, 0.05) is 37.3 Å². The Morgan fingerprint density at radius 2 is 1.67 bits per heavy atom. The van der Waals surface area contributed by atoms with E-state index in [1.165, 1.54) is 13.0 Å². The molecule has 0 saturated heterocycles. The number of benzene rings is 2. The van der Waals surface area contributed by atoms with Gasteiger partial charge in [-0.15, -0.1) is 0 Å². The molecule has 1 aliphatic rings. The fourth-order valence-electron chi connectivity index (χ4n) is 4.30. The number of hydrogen-bond donors (Lipinski definition) is 1. The number of anilines is 1. The van der Waals surface area contributed by atoms with Crippen molar-refractivity contribution in [1.82, 2.24) is 9.62 Å². The van der Waals surface area contributed by atoms with Crippen molar-refractivity contribution >= 4 is 39.1 Å². The minimum absolute atomic E-state index is 0.0858. The summed E-state index contributed by atoms with van der Waals surface area (Å²) in [6.45, 7) is 7.70. The number of halogens is 2. The molecular formula is C26H33ClFN3O4S. The van der Waals surface area contributed by atoms with Crippen LogP contribution in [-0.2, 0) is 21.4 Å². The number of hydrogen-bond acceptors (Lipinski definition) is 5. The zero-order valence-electron chi connectivity index (χ0n) is 20.9. The predicted molar refractivity (Wildman–Crippen MR) is 139 cm³/mol. The second-order valence-corrected chi connectivity index (χ2v) is 11.4. The summed E-state index contributed by atoms with van der Waals surface area (Å²) in [5.41, 5.74) is 1.64. The normalized spacial score (nSPS) is 16.1. The number of carbonyl (C=O) groups excluding carboxylic acids is 2. The Kier molecular flexibility index (Phi) is 9.49. The van der Waals surface area contributed by atoms with Crippen LogP contribution >= 0.6 is 11.6 Å². The highest BCUT2D eigenvalue weighted by atomic mass is 35.5. The molecule has 196 valence electrons. The van der Waals surface area contributed by atoms with E-state index < -0.39 is 21.7 Å². The summed E-state index contributed by atoms with van der Waals surface area (Å²) in [7, 11) is -4.27. The van der Waals surface area contributed by atoms with E-state index in [9.17, 15) is 22.4 Å². The highest BCUT2D eigenvalue weighted by Crippen LogP contribution is 2.27. The van der Waals surface area contributed by atoms with Gasteiger partial charge in [-0.25, -0.2) is 17.5 Å². The van der Waals surface area contributed by atoms with Crippen LogP contribution in [0.4, 0.5) is 10.1 Å². The van der Waals surface area contributed by atoms with Gasteiger partial charge in [0.1, 0.15) is 5.82 Å². The van der Waals surface area contributed by atoms with Crippen LogP contribution in [0.25, 0.3) is 0 Å². The fourth-order valence-corrected chi connectivity index (χ4v) is 5.55. The van der Waals surface area contributed by atoms with Gasteiger partial charge in [-0.1, -0.05) is 30.9 Å². The van der Waals surface area contributed by atoms with Gasteiger partial charge in [-0.2, -0.15) is 0 Å². The number of amides is 2. The van der Waals surface area contributed by atoms with Crippen molar-refractivity contribution in [2.75, 3.05) is 18.0 Å². The van der Waals surface area contributed by atoms with Crippen LogP contribution in [0.5, 0.6) is 0 Å². The SMILES string of the molecule is CC(=O)N1CCCCCCCN(C(C)C)Cc2cc(C(=O)NS(=O)(=O)c3ccc(F)c(Cl)c3)ccc21. The van der Waals surface area contributed by atoms with Crippen molar-refractivity contribution < 1.29 is 22.4 Å². The molecule has 0 fully saturated rings. The summed E-state index contributed by atoms with van der Waals surface area (Å²) in [6, 6.07) is 8.04. The highest BCUT2D eigenvalue weighted by Gasteiger charge is 2.24. The van der Waals surface area contributed by atoms with E-state index in [-0.39, 0.29) is 27.4 Å². The predicted octanol–water partition coefficient (Wildman–Crippen LogP) is 5.13. The standard InChI is InChI=1S/C26H33ClFN3O4S/c1-18(2)30-13-7-5-4-6-8-14-31(19(3)32)25-12-9-20(15-21(25)17-30)26(33)29-36(34,35)22-10-11-24(28)23(27)16-22/h9-12,15-16,18H,4-8,13-14,17H2,1-3H3,(H,29,33). The van der Waals surface area contributed by atoms with Crippen molar-refractivity contribution in [3.63, 3.8) is 0 Å². The van der Waals surface area contributed by atoms with Gasteiger partial charge in [-0.05, 0) is 75.2 Å². The molecule has 1 N–H and O–H groups in total. The molecule has 1 aliphatic heterocycles. The molecule has 7 nitrogen and oxygen atoms in total. The van der Waals surface area contributed by atoms with E-state index in [4.69, 9.17) is 11.6 Å². The lowest BCUT2D eigenvalue weighted by Crippen LogP contribution is -2.35. The minimum Gasteiger partial charge on any atom is -0.312 e. The molecule has 0 saturated carbocycles. The van der Waals surface area contributed by atoms with E-state index >= 15 is 0 Å². The van der Waals surface area contributed by atoms with Crippen molar-refractivity contribution in [2.24, 2.45) is 0 Å². The van der Waals surface area contributed by atoms with Gasteiger partial charge < -0.3 is 4.90 Å². The first-order valence-corrected chi connectivity index (χ1v) is 14.0. The van der Waals surface area contributed by atoms with Gasteiger partial charge >= 0.3 is 0 Å². The van der Waals surface area contributed by atoms with Gasteiger partial charge in [0.2, 0.25) is 5.91 Å². The summed E-state index contributed by atoms with van der Waals surface area (Å²) in [4.78, 5) is 29.2. The van der Waals surface area contributed by atoms with Crippen molar-refractivity contribution in [2.45, 2.75) is 70.4 Å². The third kappa shape index (κ3) is 7.05. The van der Waals surface area contributed by atoms with Crippen LogP contribution in [0, 0.1) is 5.82 Å². The molecule has 1 heterocycles. The molecule has 2 aromatic carbocycles. The smallest absolute Gasteiger partial charge is 0.265 e. The number of nitrogens with zero attached hydrogens (tertiary/aromatic N) is 2. The summed E-state index contributed by atoms with van der Waals surface area (Å²) >= 11 is 5.72. The molecule has 36 heavy (non-hydrogen) atoms. The lowest BCUT2D eigenvalue weighted by molar-refractivity contribution is -0.116. The maximum absolute atomic E-state index is 13.5. The monoisotopic (exact) mass is 537 g/mol. The summed E-state index contributed by atoms with van der Waals surface area (Å²) in [6.07, 6.45) is 5.21. The van der Waals surface area contributed by atoms with Crippen molar-refractivity contribution in [3.8, 4) is 0 Å². The van der Waals surface area contributed by atoms with E-state index in [0.29, 0.717) is 13.1 Å². The molecule has 2 amide bonds. The average Bonchev–Trinajstić information content (AvgIpc) is 2.80. The number of sulfonamides is 1. The molecule has 0 radical (unpaired) electrons. The first-order chi connectivity index (χ1) is 17.0. The zero-order chi connectivity index (χ0) is 26.5. The molecule has 0 atom stereocenters. The Morgan fingerprint density at radius 3 is 2.31 bits per heavy atom. The average molecular weight is 538 g/mol. The van der Waals surface area contributed by atoms with Gasteiger partial charge in [-0.3, -0.25) is 14.5 Å². The lowest BCUT2D eigenvalue weighted by Gasteiger charge is -2.31. The van der Waals surface area contributed by atoms with Crippen LogP contribution in [0.3, 0.4) is 0 Å². The summed E-state index contributed by atoms with van der Waals surface area (Å²) in [5.74, 6) is -1.67. The third-order valence-electron chi connectivity index (χ3n) is 6.37. The largest absolute Gasteiger partial charge is 0.312 e. The third-order valence-corrected chi connectivity index (χ3v) is 7.99.